The number of fused-ring (bicyclic) bond motifs is 1. The van der Waals surface area contributed by atoms with Crippen molar-refractivity contribution in [2.75, 3.05) is 13.9 Å². The predicted octanol–water partition coefficient (Wildman–Crippen LogP) is 1.64. The van der Waals surface area contributed by atoms with Crippen LogP contribution in [-0.2, 0) is 11.4 Å². The van der Waals surface area contributed by atoms with Gasteiger partial charge in [0, 0.05) is 23.5 Å². The highest BCUT2D eigenvalue weighted by Gasteiger charge is 2.20. The van der Waals surface area contributed by atoms with Crippen molar-refractivity contribution < 1.29 is 14.3 Å². The highest BCUT2D eigenvalue weighted by atomic mass is 16.7. The molecule has 2 aromatic rings. The summed E-state index contributed by atoms with van der Waals surface area (Å²) in [5.74, 6) is 1.51. The van der Waals surface area contributed by atoms with Gasteiger partial charge >= 0.3 is 0 Å². The monoisotopic (exact) mass is 259 g/mol. The van der Waals surface area contributed by atoms with E-state index in [9.17, 15) is 0 Å². The van der Waals surface area contributed by atoms with Gasteiger partial charge in [0.25, 0.3) is 0 Å². The van der Waals surface area contributed by atoms with Crippen LogP contribution >= 0.6 is 0 Å². The van der Waals surface area contributed by atoms with Gasteiger partial charge in [0.05, 0.1) is 19.1 Å². The van der Waals surface area contributed by atoms with Crippen LogP contribution in [0.2, 0.25) is 0 Å². The molecule has 0 aliphatic carbocycles. The summed E-state index contributed by atoms with van der Waals surface area (Å²) >= 11 is 0. The van der Waals surface area contributed by atoms with Crippen molar-refractivity contribution in [3.05, 3.63) is 42.0 Å². The lowest BCUT2D eigenvalue weighted by molar-refractivity contribution is 0.173. The molecule has 0 N–H and O–H groups in total. The minimum atomic E-state index is 0.247. The summed E-state index contributed by atoms with van der Waals surface area (Å²) in [6, 6.07) is 3.80. The van der Waals surface area contributed by atoms with E-state index in [0.717, 1.165) is 22.6 Å². The molecule has 0 atom stereocenters. The van der Waals surface area contributed by atoms with E-state index in [1.54, 1.807) is 18.7 Å². The molecule has 1 aliphatic heterocycles. The predicted molar refractivity (Wildman–Crippen MR) is 68.5 cm³/mol. The number of hydrogen-bond donors (Lipinski definition) is 0. The maximum Gasteiger partial charge on any atom is 0.231 e. The van der Waals surface area contributed by atoms with E-state index >= 15 is 0 Å². The minimum absolute atomic E-state index is 0.247. The SMILES string of the molecule is CO/N=C/c1ccc2c(c1Cn1ccnc1)OCO2. The molecule has 0 saturated carbocycles. The van der Waals surface area contributed by atoms with Crippen LogP contribution < -0.4 is 9.47 Å². The molecule has 1 aromatic carbocycles. The smallest absolute Gasteiger partial charge is 0.231 e. The van der Waals surface area contributed by atoms with Gasteiger partial charge in [0.15, 0.2) is 11.5 Å². The number of hydrogen-bond acceptors (Lipinski definition) is 5. The third-order valence-corrected chi connectivity index (χ3v) is 2.88. The van der Waals surface area contributed by atoms with Crippen LogP contribution in [0.5, 0.6) is 11.5 Å². The van der Waals surface area contributed by atoms with Crippen molar-refractivity contribution in [3.8, 4) is 11.5 Å². The number of imidazole rings is 1. The Bertz CT molecular complexity index is 593. The lowest BCUT2D eigenvalue weighted by Crippen LogP contribution is -2.03. The van der Waals surface area contributed by atoms with Crippen LogP contribution in [0, 0.1) is 0 Å². The molecule has 1 aromatic heterocycles. The zero-order chi connectivity index (χ0) is 13.1. The summed E-state index contributed by atoms with van der Waals surface area (Å²) in [5, 5.41) is 3.81. The summed E-state index contributed by atoms with van der Waals surface area (Å²) in [5.41, 5.74) is 1.92. The fourth-order valence-electron chi connectivity index (χ4n) is 2.00. The summed E-state index contributed by atoms with van der Waals surface area (Å²) in [6.07, 6.45) is 7.05. The molecular weight excluding hydrogens is 246 g/mol. The topological polar surface area (TPSA) is 57.9 Å². The van der Waals surface area contributed by atoms with Gasteiger partial charge < -0.3 is 18.9 Å². The number of benzene rings is 1. The van der Waals surface area contributed by atoms with E-state index in [1.807, 2.05) is 22.9 Å². The van der Waals surface area contributed by atoms with E-state index in [1.165, 1.54) is 7.11 Å². The molecule has 0 amide bonds. The molecule has 0 radical (unpaired) electrons. The maximum absolute atomic E-state index is 5.54. The Kier molecular flexibility index (Phi) is 3.06. The third-order valence-electron chi connectivity index (χ3n) is 2.88. The second kappa shape index (κ2) is 5.01. The largest absolute Gasteiger partial charge is 0.454 e. The normalized spacial score (nSPS) is 13.1. The average Bonchev–Trinajstić information content (AvgIpc) is 3.08. The molecule has 3 rings (SSSR count). The van der Waals surface area contributed by atoms with E-state index in [0.29, 0.717) is 6.54 Å². The molecule has 0 spiro atoms. The van der Waals surface area contributed by atoms with Crippen LogP contribution in [0.3, 0.4) is 0 Å². The van der Waals surface area contributed by atoms with Crippen molar-refractivity contribution in [2.24, 2.45) is 5.16 Å². The quantitative estimate of drug-likeness (QED) is 0.618. The first-order chi connectivity index (χ1) is 9.38. The van der Waals surface area contributed by atoms with Crippen molar-refractivity contribution in [2.45, 2.75) is 6.54 Å². The van der Waals surface area contributed by atoms with Crippen molar-refractivity contribution in [3.63, 3.8) is 0 Å². The van der Waals surface area contributed by atoms with E-state index in [4.69, 9.17) is 14.3 Å². The van der Waals surface area contributed by atoms with Crippen molar-refractivity contribution in [1.82, 2.24) is 9.55 Å². The van der Waals surface area contributed by atoms with Crippen LogP contribution in [0.1, 0.15) is 11.1 Å². The standard InChI is InChI=1S/C13H13N3O3/c1-17-15-6-10-2-3-12-13(19-9-18-12)11(10)7-16-5-4-14-8-16/h2-6,8H,7,9H2,1H3/b15-6+. The molecule has 0 saturated heterocycles. The Labute approximate surface area is 110 Å². The average molecular weight is 259 g/mol. The van der Waals surface area contributed by atoms with Crippen LogP contribution in [-0.4, -0.2) is 29.7 Å². The molecule has 6 heteroatoms. The Balaban J connectivity index is 2.02. The van der Waals surface area contributed by atoms with Gasteiger partial charge in [-0.3, -0.25) is 0 Å². The zero-order valence-electron chi connectivity index (χ0n) is 10.4. The fourth-order valence-corrected chi connectivity index (χ4v) is 2.00. The number of aromatic nitrogens is 2. The Morgan fingerprint density at radius 1 is 1.47 bits per heavy atom. The number of nitrogens with zero attached hydrogens (tertiary/aromatic N) is 3. The first-order valence-corrected chi connectivity index (χ1v) is 5.82. The number of ether oxygens (including phenoxy) is 2. The van der Waals surface area contributed by atoms with Crippen molar-refractivity contribution in [1.29, 1.82) is 0 Å². The molecule has 1 aliphatic rings. The van der Waals surface area contributed by atoms with Gasteiger partial charge in [-0.2, -0.15) is 0 Å². The lowest BCUT2D eigenvalue weighted by atomic mass is 10.1. The van der Waals surface area contributed by atoms with Gasteiger partial charge in [0.1, 0.15) is 7.11 Å². The van der Waals surface area contributed by atoms with Gasteiger partial charge in [-0.1, -0.05) is 5.16 Å². The van der Waals surface area contributed by atoms with Crippen LogP contribution in [0.4, 0.5) is 0 Å². The van der Waals surface area contributed by atoms with Gasteiger partial charge in [-0.05, 0) is 12.1 Å². The molecule has 0 fully saturated rings. The highest BCUT2D eigenvalue weighted by molar-refractivity contribution is 5.83. The molecule has 98 valence electrons. The molecule has 0 unspecified atom stereocenters. The second-order valence-corrected chi connectivity index (χ2v) is 4.02. The summed E-state index contributed by atoms with van der Waals surface area (Å²) in [4.78, 5) is 8.77. The Morgan fingerprint density at radius 3 is 3.21 bits per heavy atom. The Hall–Kier alpha value is -2.50. The molecule has 0 bridgehead atoms. The molecule has 19 heavy (non-hydrogen) atoms. The van der Waals surface area contributed by atoms with Crippen LogP contribution in [0.15, 0.2) is 36.0 Å². The summed E-state index contributed by atoms with van der Waals surface area (Å²) < 4.78 is 12.9. The van der Waals surface area contributed by atoms with Gasteiger partial charge in [-0.25, -0.2) is 4.98 Å². The van der Waals surface area contributed by atoms with E-state index < -0.39 is 0 Å². The van der Waals surface area contributed by atoms with E-state index in [-0.39, 0.29) is 6.79 Å². The summed E-state index contributed by atoms with van der Waals surface area (Å²) in [7, 11) is 1.51. The van der Waals surface area contributed by atoms with Crippen molar-refractivity contribution >= 4 is 6.21 Å². The highest BCUT2D eigenvalue weighted by Crippen LogP contribution is 2.37. The van der Waals surface area contributed by atoms with Gasteiger partial charge in [0.2, 0.25) is 6.79 Å². The molecule has 6 nitrogen and oxygen atoms in total. The summed E-state index contributed by atoms with van der Waals surface area (Å²) in [6.45, 7) is 0.884. The van der Waals surface area contributed by atoms with E-state index in [2.05, 4.69) is 10.1 Å². The van der Waals surface area contributed by atoms with Gasteiger partial charge in [-0.15, -0.1) is 0 Å². The fraction of sp³-hybridized carbons (Fsp3) is 0.231. The zero-order valence-corrected chi connectivity index (χ0v) is 10.4. The first kappa shape index (κ1) is 11.6. The lowest BCUT2D eigenvalue weighted by Gasteiger charge is -2.10. The second-order valence-electron chi connectivity index (χ2n) is 4.02. The van der Waals surface area contributed by atoms with Crippen LogP contribution in [0.25, 0.3) is 0 Å². The molecular formula is C13H13N3O3. The first-order valence-electron chi connectivity index (χ1n) is 5.82. The minimum Gasteiger partial charge on any atom is -0.454 e. The maximum atomic E-state index is 5.54. The Morgan fingerprint density at radius 2 is 2.42 bits per heavy atom. The number of oxime groups is 1. The number of rotatable bonds is 4. The molecule has 2 heterocycles. The third kappa shape index (κ3) is 2.24.